The molecule has 34 heavy (non-hydrogen) atoms. The highest BCUT2D eigenvalue weighted by atomic mass is 35.5. The zero-order valence-electron chi connectivity index (χ0n) is 18.8. The highest BCUT2D eigenvalue weighted by molar-refractivity contribution is 6.30. The molecule has 172 valence electrons. The van der Waals surface area contributed by atoms with Gasteiger partial charge in [-0.25, -0.2) is 4.68 Å². The number of para-hydroxylation sites is 1. The van der Waals surface area contributed by atoms with E-state index in [9.17, 15) is 4.79 Å². The zero-order chi connectivity index (χ0) is 23.3. The molecule has 1 aliphatic rings. The number of nitrogens with one attached hydrogen (secondary N) is 1. The van der Waals surface area contributed by atoms with E-state index in [-0.39, 0.29) is 11.9 Å². The van der Waals surface area contributed by atoms with Crippen molar-refractivity contribution in [1.29, 1.82) is 0 Å². The minimum atomic E-state index is -0.160. The molecule has 2 aromatic carbocycles. The van der Waals surface area contributed by atoms with Gasteiger partial charge in [0, 0.05) is 35.7 Å². The summed E-state index contributed by atoms with van der Waals surface area (Å²) in [6.45, 7) is 2.52. The summed E-state index contributed by atoms with van der Waals surface area (Å²) in [6.07, 6.45) is 7.56. The van der Waals surface area contributed by atoms with Crippen molar-refractivity contribution in [3.63, 3.8) is 0 Å². The molecule has 0 aliphatic carbocycles. The van der Waals surface area contributed by atoms with Gasteiger partial charge in [0.2, 0.25) is 0 Å². The van der Waals surface area contributed by atoms with E-state index >= 15 is 0 Å². The van der Waals surface area contributed by atoms with E-state index < -0.39 is 0 Å². The summed E-state index contributed by atoms with van der Waals surface area (Å²) < 4.78 is 1.74. The summed E-state index contributed by atoms with van der Waals surface area (Å²) in [5, 5.41) is 8.61. The summed E-state index contributed by atoms with van der Waals surface area (Å²) in [6, 6.07) is 21.5. The lowest BCUT2D eigenvalue weighted by molar-refractivity contribution is 0.0938. The Morgan fingerprint density at radius 1 is 1.03 bits per heavy atom. The molecular formula is C27H26ClN5O. The van der Waals surface area contributed by atoms with Crippen LogP contribution in [0.5, 0.6) is 0 Å². The fourth-order valence-corrected chi connectivity index (χ4v) is 4.68. The molecule has 6 nitrogen and oxygen atoms in total. The lowest BCUT2D eigenvalue weighted by Gasteiger charge is -2.28. The minimum absolute atomic E-state index is 0.0659. The van der Waals surface area contributed by atoms with Crippen LogP contribution in [-0.4, -0.2) is 45.2 Å². The summed E-state index contributed by atoms with van der Waals surface area (Å²) in [4.78, 5) is 20.1. The predicted octanol–water partition coefficient (Wildman–Crippen LogP) is 5.15. The van der Waals surface area contributed by atoms with Gasteiger partial charge in [-0.05, 0) is 67.9 Å². The van der Waals surface area contributed by atoms with Crippen molar-refractivity contribution in [3.8, 4) is 16.9 Å². The third-order valence-corrected chi connectivity index (χ3v) is 6.42. The first-order chi connectivity index (χ1) is 16.7. The van der Waals surface area contributed by atoms with Crippen LogP contribution in [0.25, 0.3) is 16.9 Å². The summed E-state index contributed by atoms with van der Waals surface area (Å²) in [5.74, 6) is -0.160. The zero-order valence-corrected chi connectivity index (χ0v) is 19.5. The van der Waals surface area contributed by atoms with E-state index in [2.05, 4.69) is 21.3 Å². The van der Waals surface area contributed by atoms with Crippen LogP contribution in [0.3, 0.4) is 0 Å². The number of pyridine rings is 1. The molecule has 0 bridgehead atoms. The second-order valence-corrected chi connectivity index (χ2v) is 8.87. The highest BCUT2D eigenvalue weighted by Gasteiger charge is 2.26. The van der Waals surface area contributed by atoms with Gasteiger partial charge in [0.15, 0.2) is 0 Å². The number of nitrogens with zero attached hydrogens (tertiary/aromatic N) is 4. The number of aromatic nitrogens is 3. The fourth-order valence-electron chi connectivity index (χ4n) is 4.48. The maximum atomic E-state index is 13.5. The van der Waals surface area contributed by atoms with Crippen molar-refractivity contribution in [2.24, 2.45) is 0 Å². The number of carbonyl (C=O) groups excluding carboxylic acids is 1. The normalized spacial score (nSPS) is 14.7. The van der Waals surface area contributed by atoms with Crippen LogP contribution in [0.1, 0.15) is 34.8 Å². The number of halogens is 1. The Morgan fingerprint density at radius 2 is 1.85 bits per heavy atom. The molecule has 5 rings (SSSR count). The molecule has 1 N–H and O–H groups in total. The van der Waals surface area contributed by atoms with E-state index in [1.54, 1.807) is 23.3 Å². The molecule has 1 unspecified atom stereocenters. The number of amides is 1. The van der Waals surface area contributed by atoms with Crippen molar-refractivity contribution in [2.45, 2.75) is 18.9 Å². The molecule has 0 saturated carbocycles. The molecular weight excluding hydrogens is 446 g/mol. The Hall–Kier alpha value is -3.48. The quantitative estimate of drug-likeness (QED) is 0.404. The number of carbonyl (C=O) groups is 1. The number of hydrogen-bond acceptors (Lipinski definition) is 4. The second kappa shape index (κ2) is 10.2. The van der Waals surface area contributed by atoms with E-state index in [1.807, 2.05) is 60.7 Å². The molecule has 0 spiro atoms. The number of benzene rings is 2. The molecule has 0 radical (unpaired) electrons. The third-order valence-electron chi connectivity index (χ3n) is 6.19. The molecule has 1 fully saturated rings. The average Bonchev–Trinajstić information content (AvgIpc) is 3.56. The smallest absolute Gasteiger partial charge is 0.255 e. The molecule has 7 heteroatoms. The van der Waals surface area contributed by atoms with Crippen molar-refractivity contribution in [2.75, 3.05) is 19.6 Å². The van der Waals surface area contributed by atoms with Crippen LogP contribution in [0, 0.1) is 0 Å². The number of likely N-dealkylation sites (tertiary alicyclic amines) is 1. The van der Waals surface area contributed by atoms with E-state index in [0.29, 0.717) is 22.8 Å². The molecule has 1 amide bonds. The van der Waals surface area contributed by atoms with Crippen LogP contribution < -0.4 is 5.32 Å². The van der Waals surface area contributed by atoms with Gasteiger partial charge in [-0.1, -0.05) is 41.9 Å². The Kier molecular flexibility index (Phi) is 6.70. The SMILES string of the molecule is O=C(NCC(c1cccc(Cl)c1)N1CCCC1)c1cn(-c2ccccc2)nc1-c1cccnc1. The third kappa shape index (κ3) is 4.88. The average molecular weight is 472 g/mol. The molecule has 1 aliphatic heterocycles. The predicted molar refractivity (Wildman–Crippen MR) is 134 cm³/mol. The highest BCUT2D eigenvalue weighted by Crippen LogP contribution is 2.27. The first kappa shape index (κ1) is 22.3. The maximum Gasteiger partial charge on any atom is 0.255 e. The van der Waals surface area contributed by atoms with Crippen molar-refractivity contribution in [1.82, 2.24) is 25.0 Å². The topological polar surface area (TPSA) is 63.1 Å². The van der Waals surface area contributed by atoms with Crippen LogP contribution in [0.15, 0.2) is 85.3 Å². The number of hydrogen-bond donors (Lipinski definition) is 1. The first-order valence-corrected chi connectivity index (χ1v) is 11.9. The lowest BCUT2D eigenvalue weighted by atomic mass is 10.0. The van der Waals surface area contributed by atoms with Crippen molar-refractivity contribution >= 4 is 17.5 Å². The van der Waals surface area contributed by atoms with E-state index in [4.69, 9.17) is 16.7 Å². The fraction of sp³-hybridized carbons (Fsp3) is 0.222. The molecule has 1 saturated heterocycles. The van der Waals surface area contributed by atoms with Crippen LogP contribution >= 0.6 is 11.6 Å². The maximum absolute atomic E-state index is 13.5. The van der Waals surface area contributed by atoms with Gasteiger partial charge < -0.3 is 5.32 Å². The Morgan fingerprint density at radius 3 is 2.59 bits per heavy atom. The van der Waals surface area contributed by atoms with E-state index in [1.165, 1.54) is 12.8 Å². The molecule has 4 aromatic rings. The summed E-state index contributed by atoms with van der Waals surface area (Å²) in [7, 11) is 0. The standard InChI is InChI=1S/C27H26ClN5O/c28-22-10-6-8-20(16-22)25(32-14-4-5-15-32)18-30-27(34)24-19-33(23-11-2-1-3-12-23)31-26(24)21-9-7-13-29-17-21/h1-3,6-13,16-17,19,25H,4-5,14-15,18H2,(H,30,34). The van der Waals surface area contributed by atoms with Gasteiger partial charge >= 0.3 is 0 Å². The summed E-state index contributed by atoms with van der Waals surface area (Å²) in [5.41, 5.74) is 3.93. The van der Waals surface area contributed by atoms with Gasteiger partial charge in [0.1, 0.15) is 5.69 Å². The Labute approximate surface area is 204 Å². The van der Waals surface area contributed by atoms with Gasteiger partial charge in [-0.3, -0.25) is 14.7 Å². The monoisotopic (exact) mass is 471 g/mol. The van der Waals surface area contributed by atoms with Crippen LogP contribution in [-0.2, 0) is 0 Å². The van der Waals surface area contributed by atoms with E-state index in [0.717, 1.165) is 29.9 Å². The second-order valence-electron chi connectivity index (χ2n) is 8.44. The van der Waals surface area contributed by atoms with Crippen molar-refractivity contribution in [3.05, 3.63) is 101 Å². The largest absolute Gasteiger partial charge is 0.350 e. The molecule has 1 atom stereocenters. The minimum Gasteiger partial charge on any atom is -0.350 e. The van der Waals surface area contributed by atoms with Gasteiger partial charge in [-0.2, -0.15) is 5.10 Å². The lowest BCUT2D eigenvalue weighted by Crippen LogP contribution is -2.36. The van der Waals surface area contributed by atoms with Gasteiger partial charge in [0.25, 0.3) is 5.91 Å². The van der Waals surface area contributed by atoms with Gasteiger partial charge in [-0.15, -0.1) is 0 Å². The van der Waals surface area contributed by atoms with Crippen LogP contribution in [0.2, 0.25) is 5.02 Å². The van der Waals surface area contributed by atoms with Crippen molar-refractivity contribution < 1.29 is 4.79 Å². The number of rotatable bonds is 7. The summed E-state index contributed by atoms with van der Waals surface area (Å²) >= 11 is 6.28. The first-order valence-electron chi connectivity index (χ1n) is 11.5. The Bertz CT molecular complexity index is 1250. The molecule has 3 heterocycles. The Balaban J connectivity index is 1.43. The van der Waals surface area contributed by atoms with Gasteiger partial charge in [0.05, 0.1) is 17.3 Å². The van der Waals surface area contributed by atoms with Crippen LogP contribution in [0.4, 0.5) is 0 Å². The molecule has 2 aromatic heterocycles.